The Morgan fingerprint density at radius 3 is 2.41 bits per heavy atom. The number of hydrogen-bond donors (Lipinski definition) is 1. The van der Waals surface area contributed by atoms with E-state index in [2.05, 4.69) is 11.1 Å². The lowest BCUT2D eigenvalue weighted by atomic mass is 10.1. The lowest BCUT2D eigenvalue weighted by molar-refractivity contribution is 0.585. The summed E-state index contributed by atoms with van der Waals surface area (Å²) in [6.45, 7) is 6.05. The lowest BCUT2D eigenvalue weighted by Crippen LogP contribution is -2.17. The molecule has 0 bridgehead atoms. The normalized spacial score (nSPS) is 12.2. The second kappa shape index (κ2) is 5.74. The summed E-state index contributed by atoms with van der Waals surface area (Å²) in [6, 6.07) is 9.60. The van der Waals surface area contributed by atoms with Crippen LogP contribution in [0, 0.1) is 11.3 Å². The number of rotatable bonds is 2. The second-order valence-corrected chi connectivity index (χ2v) is 5.71. The molecule has 0 aliphatic carbocycles. The Morgan fingerprint density at radius 2 is 1.94 bits per heavy atom. The molecule has 2 N–H and O–H groups in total. The molecule has 0 atom stereocenters. The third kappa shape index (κ3) is 5.41. The van der Waals surface area contributed by atoms with Crippen LogP contribution in [-0.2, 0) is 5.75 Å². The van der Waals surface area contributed by atoms with E-state index in [1.54, 1.807) is 0 Å². The third-order valence-corrected chi connectivity index (χ3v) is 2.78. The Balaban J connectivity index is 2.56. The largest absolute Gasteiger partial charge is 0.379 e. The SMILES string of the molecule is CC(C)(C)N=C(N)SCc1ccc(C#N)cc1. The Hall–Kier alpha value is -1.47. The van der Waals surface area contributed by atoms with Gasteiger partial charge in [-0.2, -0.15) is 5.26 Å². The Kier molecular flexibility index (Phi) is 4.59. The van der Waals surface area contributed by atoms with Gasteiger partial charge < -0.3 is 5.73 Å². The monoisotopic (exact) mass is 247 g/mol. The standard InChI is InChI=1S/C13H17N3S/c1-13(2,3)16-12(15)17-9-11-6-4-10(8-14)5-7-11/h4-7H,9H2,1-3H3,(H2,15,16). The summed E-state index contributed by atoms with van der Waals surface area (Å²) in [7, 11) is 0. The zero-order chi connectivity index (χ0) is 12.9. The first-order valence-electron chi connectivity index (χ1n) is 5.38. The highest BCUT2D eigenvalue weighted by atomic mass is 32.2. The summed E-state index contributed by atoms with van der Waals surface area (Å²) in [6.07, 6.45) is 0. The summed E-state index contributed by atoms with van der Waals surface area (Å²) < 4.78 is 0. The fourth-order valence-electron chi connectivity index (χ4n) is 1.20. The molecule has 0 saturated carbocycles. The molecule has 0 unspecified atom stereocenters. The summed E-state index contributed by atoms with van der Waals surface area (Å²) in [4.78, 5) is 4.36. The molecular weight excluding hydrogens is 230 g/mol. The van der Waals surface area contributed by atoms with Gasteiger partial charge in [-0.1, -0.05) is 23.9 Å². The summed E-state index contributed by atoms with van der Waals surface area (Å²) >= 11 is 1.51. The van der Waals surface area contributed by atoms with Crippen LogP contribution in [0.3, 0.4) is 0 Å². The molecule has 4 heteroatoms. The van der Waals surface area contributed by atoms with E-state index in [4.69, 9.17) is 11.0 Å². The van der Waals surface area contributed by atoms with Gasteiger partial charge in [-0.3, -0.25) is 4.99 Å². The van der Waals surface area contributed by atoms with Gasteiger partial charge in [0.1, 0.15) is 0 Å². The average Bonchev–Trinajstić information content (AvgIpc) is 2.25. The molecule has 3 nitrogen and oxygen atoms in total. The highest BCUT2D eigenvalue weighted by molar-refractivity contribution is 8.13. The van der Waals surface area contributed by atoms with Crippen LogP contribution in [0.4, 0.5) is 0 Å². The van der Waals surface area contributed by atoms with E-state index in [1.165, 1.54) is 11.8 Å². The van der Waals surface area contributed by atoms with E-state index >= 15 is 0 Å². The molecule has 1 aromatic rings. The van der Waals surface area contributed by atoms with Crippen LogP contribution in [-0.4, -0.2) is 10.7 Å². The maximum absolute atomic E-state index is 8.68. The summed E-state index contributed by atoms with van der Waals surface area (Å²) in [5.74, 6) is 0.775. The van der Waals surface area contributed by atoms with Crippen LogP contribution in [0.2, 0.25) is 0 Å². The van der Waals surface area contributed by atoms with Crippen LogP contribution in [0.25, 0.3) is 0 Å². The van der Waals surface area contributed by atoms with E-state index in [1.807, 2.05) is 45.0 Å². The van der Waals surface area contributed by atoms with Crippen LogP contribution in [0.1, 0.15) is 31.9 Å². The molecule has 90 valence electrons. The van der Waals surface area contributed by atoms with E-state index in [0.29, 0.717) is 10.7 Å². The van der Waals surface area contributed by atoms with Crippen molar-refractivity contribution in [3.63, 3.8) is 0 Å². The first kappa shape index (κ1) is 13.6. The first-order chi connectivity index (χ1) is 7.90. The van der Waals surface area contributed by atoms with Gasteiger partial charge in [-0.15, -0.1) is 0 Å². The number of amidine groups is 1. The number of hydrogen-bond acceptors (Lipinski definition) is 3. The van der Waals surface area contributed by atoms with Gasteiger partial charge in [-0.05, 0) is 38.5 Å². The molecule has 0 spiro atoms. The van der Waals surface area contributed by atoms with Gasteiger partial charge >= 0.3 is 0 Å². The molecule has 17 heavy (non-hydrogen) atoms. The maximum Gasteiger partial charge on any atom is 0.154 e. The van der Waals surface area contributed by atoms with Crippen molar-refractivity contribution in [1.82, 2.24) is 0 Å². The van der Waals surface area contributed by atoms with E-state index in [-0.39, 0.29) is 5.54 Å². The molecule has 0 radical (unpaired) electrons. The van der Waals surface area contributed by atoms with Gasteiger partial charge in [0.25, 0.3) is 0 Å². The molecule has 1 rings (SSSR count). The molecule has 0 heterocycles. The minimum absolute atomic E-state index is 0.137. The van der Waals surface area contributed by atoms with Crippen LogP contribution in [0.5, 0.6) is 0 Å². The smallest absolute Gasteiger partial charge is 0.154 e. The van der Waals surface area contributed by atoms with Gasteiger partial charge in [0.2, 0.25) is 0 Å². The summed E-state index contributed by atoms with van der Waals surface area (Å²) in [5, 5.41) is 9.28. The number of thioether (sulfide) groups is 1. The molecule has 0 fully saturated rings. The van der Waals surface area contributed by atoms with Crippen LogP contribution >= 0.6 is 11.8 Å². The fourth-order valence-corrected chi connectivity index (χ4v) is 2.04. The first-order valence-corrected chi connectivity index (χ1v) is 6.36. The van der Waals surface area contributed by atoms with Crippen molar-refractivity contribution in [2.75, 3.05) is 0 Å². The van der Waals surface area contributed by atoms with Crippen LogP contribution < -0.4 is 5.73 Å². The number of aliphatic imine (C=N–C) groups is 1. The zero-order valence-electron chi connectivity index (χ0n) is 10.4. The van der Waals surface area contributed by atoms with E-state index < -0.39 is 0 Å². The quantitative estimate of drug-likeness (QED) is 0.645. The molecule has 1 aromatic carbocycles. The Bertz CT molecular complexity index is 435. The molecule has 0 aliphatic heterocycles. The lowest BCUT2D eigenvalue weighted by Gasteiger charge is -2.13. The predicted octanol–water partition coefficient (Wildman–Crippen LogP) is 2.90. The predicted molar refractivity (Wildman–Crippen MR) is 73.8 cm³/mol. The summed E-state index contributed by atoms with van der Waals surface area (Å²) in [5.41, 5.74) is 7.50. The maximum atomic E-state index is 8.68. The van der Waals surface area contributed by atoms with Gasteiger partial charge in [-0.25, -0.2) is 0 Å². The van der Waals surface area contributed by atoms with Crippen molar-refractivity contribution < 1.29 is 0 Å². The zero-order valence-corrected chi connectivity index (χ0v) is 11.2. The van der Waals surface area contributed by atoms with Gasteiger partial charge in [0.05, 0.1) is 17.2 Å². The fraction of sp³-hybridized carbons (Fsp3) is 0.385. The van der Waals surface area contributed by atoms with Crippen molar-refractivity contribution in [3.8, 4) is 6.07 Å². The topological polar surface area (TPSA) is 62.2 Å². The average molecular weight is 247 g/mol. The molecule has 0 aromatic heterocycles. The van der Waals surface area contributed by atoms with E-state index in [0.717, 1.165) is 11.3 Å². The van der Waals surface area contributed by atoms with Gasteiger partial charge in [0, 0.05) is 5.75 Å². The van der Waals surface area contributed by atoms with Crippen molar-refractivity contribution in [1.29, 1.82) is 5.26 Å². The van der Waals surface area contributed by atoms with Crippen LogP contribution in [0.15, 0.2) is 29.3 Å². The van der Waals surface area contributed by atoms with Crippen molar-refractivity contribution >= 4 is 16.9 Å². The highest BCUT2D eigenvalue weighted by Gasteiger charge is 2.08. The van der Waals surface area contributed by atoms with Gasteiger partial charge in [0.15, 0.2) is 5.17 Å². The number of benzene rings is 1. The van der Waals surface area contributed by atoms with E-state index in [9.17, 15) is 0 Å². The minimum atomic E-state index is -0.137. The van der Waals surface area contributed by atoms with Crippen molar-refractivity contribution in [3.05, 3.63) is 35.4 Å². The number of nitrogens with zero attached hydrogens (tertiary/aromatic N) is 2. The Morgan fingerprint density at radius 1 is 1.35 bits per heavy atom. The van der Waals surface area contributed by atoms with Crippen molar-refractivity contribution in [2.45, 2.75) is 32.1 Å². The molecular formula is C13H17N3S. The van der Waals surface area contributed by atoms with Crippen molar-refractivity contribution in [2.24, 2.45) is 10.7 Å². The molecule has 0 aliphatic rings. The highest BCUT2D eigenvalue weighted by Crippen LogP contribution is 2.15. The molecule has 0 amide bonds. The second-order valence-electron chi connectivity index (χ2n) is 4.72. The minimum Gasteiger partial charge on any atom is -0.379 e. The third-order valence-electron chi connectivity index (χ3n) is 1.92. The molecule has 0 saturated heterocycles. The number of nitrogens with two attached hydrogens (primary N) is 1. The Labute approximate surface area is 107 Å². The number of nitriles is 1.